The number of likely N-dealkylation sites (N-methyl/N-ethyl adjacent to an activating group) is 1. The summed E-state index contributed by atoms with van der Waals surface area (Å²) in [5.41, 5.74) is 0. The second-order valence-corrected chi connectivity index (χ2v) is 28.2. The van der Waals surface area contributed by atoms with E-state index in [1.165, 1.54) is 193 Å². The monoisotopic (exact) mass is 1300 g/mol. The van der Waals surface area contributed by atoms with Gasteiger partial charge in [0.1, 0.15) is 19.3 Å². The van der Waals surface area contributed by atoms with Crippen LogP contribution in [-0.2, 0) is 27.9 Å². The SMILES string of the molecule is CC/C=C\C/C=C\C/C=C\C/C=C\C/C=C\CCCCCCCCCCCCCC(=O)OC(/C=C/CCCCCCCCCCCC)C(COP(=O)(O)OCC[N+](C)(C)C)NC(=O)CCCCCCCCCCCCC/C=C\C/C=C\C/C=C\C/C=C\CCCCC. The highest BCUT2D eigenvalue weighted by atomic mass is 31.2. The average molecular weight is 1300 g/mol. The molecule has 2 N–H and O–H groups in total. The van der Waals surface area contributed by atoms with E-state index in [1.807, 2.05) is 33.3 Å². The number of amides is 1. The number of quaternary nitrogens is 1. The van der Waals surface area contributed by atoms with Gasteiger partial charge in [-0.15, -0.1) is 0 Å². The average Bonchev–Trinajstić information content (AvgIpc) is 3.72. The van der Waals surface area contributed by atoms with Crippen LogP contribution in [0, 0.1) is 0 Å². The predicted molar refractivity (Wildman–Crippen MR) is 401 cm³/mol. The van der Waals surface area contributed by atoms with Crippen molar-refractivity contribution in [3.63, 3.8) is 0 Å². The van der Waals surface area contributed by atoms with Crippen LogP contribution in [0.25, 0.3) is 0 Å². The summed E-state index contributed by atoms with van der Waals surface area (Å²) >= 11 is 0. The Morgan fingerprint density at radius 1 is 0.391 bits per heavy atom. The van der Waals surface area contributed by atoms with Gasteiger partial charge in [0.2, 0.25) is 5.91 Å². The van der Waals surface area contributed by atoms with E-state index >= 15 is 0 Å². The maximum atomic E-state index is 13.7. The molecule has 0 fully saturated rings. The Kier molecular flexibility index (Phi) is 67.5. The third-order valence-corrected chi connectivity index (χ3v) is 17.6. The fraction of sp³-hybridized carbons (Fsp3) is 0.732. The van der Waals surface area contributed by atoms with E-state index in [9.17, 15) is 19.0 Å². The van der Waals surface area contributed by atoms with Crippen LogP contribution >= 0.6 is 7.82 Å². The summed E-state index contributed by atoms with van der Waals surface area (Å²) in [7, 11) is 1.49. The third-order valence-electron chi connectivity index (χ3n) is 16.6. The normalized spacial score (nSPS) is 14.1. The van der Waals surface area contributed by atoms with Gasteiger partial charge in [0.25, 0.3) is 0 Å². The summed E-state index contributed by atoms with van der Waals surface area (Å²) in [5, 5.41) is 3.08. The second kappa shape index (κ2) is 70.2. The highest BCUT2D eigenvalue weighted by Crippen LogP contribution is 2.43. The molecule has 10 heteroatoms. The van der Waals surface area contributed by atoms with Crippen LogP contribution in [0.15, 0.2) is 122 Å². The first-order chi connectivity index (χ1) is 44.9. The molecule has 9 nitrogen and oxygen atoms in total. The molecule has 0 heterocycles. The lowest BCUT2D eigenvalue weighted by molar-refractivity contribution is -0.870. The van der Waals surface area contributed by atoms with Crippen molar-refractivity contribution in [3.8, 4) is 0 Å². The van der Waals surface area contributed by atoms with Crippen LogP contribution in [0.4, 0.5) is 0 Å². The number of unbranched alkanes of at least 4 members (excludes halogenated alkanes) is 35. The number of esters is 1. The van der Waals surface area contributed by atoms with Crippen LogP contribution in [-0.4, -0.2) is 74.3 Å². The predicted octanol–water partition coefficient (Wildman–Crippen LogP) is 25.0. The molecule has 0 bridgehead atoms. The molecule has 0 aliphatic rings. The topological polar surface area (TPSA) is 111 Å². The molecular weight excluding hydrogens is 1160 g/mol. The Morgan fingerprint density at radius 2 is 0.696 bits per heavy atom. The molecule has 0 aromatic rings. The quantitative estimate of drug-likeness (QED) is 0.0205. The zero-order chi connectivity index (χ0) is 67.0. The zero-order valence-corrected chi connectivity index (χ0v) is 61.7. The smallest absolute Gasteiger partial charge is 0.456 e. The number of nitrogens with one attached hydrogen (secondary N) is 1. The second-order valence-electron chi connectivity index (χ2n) is 26.8. The van der Waals surface area contributed by atoms with E-state index in [2.05, 4.69) is 135 Å². The Bertz CT molecular complexity index is 1990. The molecule has 0 rings (SSSR count). The number of phosphoric ester groups is 1. The lowest BCUT2D eigenvalue weighted by Gasteiger charge is -2.27. The minimum Gasteiger partial charge on any atom is -0.456 e. The molecule has 0 saturated carbocycles. The van der Waals surface area contributed by atoms with Gasteiger partial charge >= 0.3 is 13.8 Å². The van der Waals surface area contributed by atoms with Crippen molar-refractivity contribution in [2.45, 2.75) is 348 Å². The number of hydrogen-bond acceptors (Lipinski definition) is 6. The van der Waals surface area contributed by atoms with Gasteiger partial charge in [-0.05, 0) is 122 Å². The van der Waals surface area contributed by atoms with Crippen molar-refractivity contribution in [2.24, 2.45) is 0 Å². The van der Waals surface area contributed by atoms with E-state index in [4.69, 9.17) is 13.8 Å². The lowest BCUT2D eigenvalue weighted by Crippen LogP contribution is -2.47. The maximum absolute atomic E-state index is 13.7. The Hall–Kier alpha value is -3.59. The van der Waals surface area contributed by atoms with E-state index in [1.54, 1.807) is 0 Å². The minimum absolute atomic E-state index is 0.0345. The summed E-state index contributed by atoms with van der Waals surface area (Å²) in [4.78, 5) is 38.0. The highest BCUT2D eigenvalue weighted by molar-refractivity contribution is 7.47. The molecule has 0 aliphatic carbocycles. The van der Waals surface area contributed by atoms with E-state index in [0.717, 1.165) is 109 Å². The highest BCUT2D eigenvalue weighted by Gasteiger charge is 2.30. The van der Waals surface area contributed by atoms with Gasteiger partial charge in [0, 0.05) is 12.8 Å². The zero-order valence-electron chi connectivity index (χ0n) is 60.8. The molecule has 530 valence electrons. The van der Waals surface area contributed by atoms with Crippen LogP contribution in [0.5, 0.6) is 0 Å². The third kappa shape index (κ3) is 70.7. The van der Waals surface area contributed by atoms with Crippen molar-refractivity contribution in [2.75, 3.05) is 40.9 Å². The summed E-state index contributed by atoms with van der Waals surface area (Å²) in [6, 6.07) is -0.860. The van der Waals surface area contributed by atoms with Crippen molar-refractivity contribution in [1.29, 1.82) is 0 Å². The largest absolute Gasteiger partial charge is 0.472 e. The lowest BCUT2D eigenvalue weighted by atomic mass is 10.0. The molecule has 0 aromatic heterocycles. The van der Waals surface area contributed by atoms with Gasteiger partial charge in [-0.25, -0.2) is 4.57 Å². The van der Waals surface area contributed by atoms with Gasteiger partial charge < -0.3 is 19.4 Å². The summed E-state index contributed by atoms with van der Waals surface area (Å²) in [5.74, 6) is -0.509. The number of carbonyl (C=O) groups is 2. The fourth-order valence-corrected chi connectivity index (χ4v) is 11.5. The molecule has 0 spiro atoms. The Balaban J connectivity index is 4.99. The van der Waals surface area contributed by atoms with Gasteiger partial charge in [0.05, 0.1) is 33.8 Å². The summed E-state index contributed by atoms with van der Waals surface area (Å²) in [6.07, 6.45) is 99.3. The molecular formula is C82H146N2O7P+. The molecule has 1 amide bonds. The first-order valence-corrected chi connectivity index (χ1v) is 39.9. The molecule has 3 atom stereocenters. The van der Waals surface area contributed by atoms with Crippen LogP contribution < -0.4 is 5.32 Å². The van der Waals surface area contributed by atoms with Gasteiger partial charge in [0.15, 0.2) is 0 Å². The van der Waals surface area contributed by atoms with Gasteiger partial charge in [-0.2, -0.15) is 0 Å². The van der Waals surface area contributed by atoms with Crippen LogP contribution in [0.2, 0.25) is 0 Å². The molecule has 0 aliphatic heterocycles. The first kappa shape index (κ1) is 88.4. The maximum Gasteiger partial charge on any atom is 0.472 e. The number of nitrogens with zero attached hydrogens (tertiary/aromatic N) is 1. The summed E-state index contributed by atoms with van der Waals surface area (Å²) < 4.78 is 30.9. The molecule has 0 aromatic carbocycles. The van der Waals surface area contributed by atoms with Gasteiger partial charge in [-0.1, -0.05) is 322 Å². The fourth-order valence-electron chi connectivity index (χ4n) is 10.8. The van der Waals surface area contributed by atoms with E-state index in [-0.39, 0.29) is 31.5 Å². The molecule has 0 radical (unpaired) electrons. The van der Waals surface area contributed by atoms with Gasteiger partial charge in [-0.3, -0.25) is 18.6 Å². The number of ether oxygens (including phenoxy) is 1. The Labute approximate surface area is 569 Å². The molecule has 0 saturated heterocycles. The van der Waals surface area contributed by atoms with Crippen LogP contribution in [0.1, 0.15) is 335 Å². The molecule has 3 unspecified atom stereocenters. The van der Waals surface area contributed by atoms with Crippen molar-refractivity contribution >= 4 is 19.7 Å². The molecule has 92 heavy (non-hydrogen) atoms. The van der Waals surface area contributed by atoms with Crippen molar-refractivity contribution in [1.82, 2.24) is 5.32 Å². The number of carbonyl (C=O) groups excluding carboxylic acids is 2. The van der Waals surface area contributed by atoms with Crippen molar-refractivity contribution in [3.05, 3.63) is 122 Å². The first-order valence-electron chi connectivity index (χ1n) is 38.4. The number of hydrogen-bond donors (Lipinski definition) is 2. The van der Waals surface area contributed by atoms with Crippen LogP contribution in [0.3, 0.4) is 0 Å². The summed E-state index contributed by atoms with van der Waals surface area (Å²) in [6.45, 7) is 6.89. The standard InChI is InChI=1S/C82H145N2O7P/c1-7-10-13-16-19-22-25-28-30-32-34-36-38-40-42-44-46-48-50-52-54-56-59-62-65-68-71-74-81(85)83-79(78-90-92(87,88)89-77-76-84(4,5)6)80(73-70-67-64-61-58-27-24-21-18-15-12-9-3)91-82(86)75-72-69-66-63-60-57-55-53-51-49-47-45-43-41-39-37-35-33-31-29-26-23-20-17-14-11-8-2/h11,14,19-20,22-23,28-31,34-37,40-43,70,73,79-80H,7-10,12-13,15-18,21,24-27,32-33,38-39,44-69,71-72,74-78H2,1-6H3,(H-,83,85,87,88)/p+1/b14-11-,22-19-,23-20-,30-28-,31-29-,36-34-,37-35-,42-40-,43-41-,73-70+. The minimum atomic E-state index is -4.47. The van der Waals surface area contributed by atoms with E-state index in [0.29, 0.717) is 17.4 Å². The Morgan fingerprint density at radius 3 is 1.07 bits per heavy atom. The van der Waals surface area contributed by atoms with Crippen molar-refractivity contribution < 1.29 is 37.3 Å². The number of allylic oxidation sites excluding steroid dienone is 19. The number of phosphoric acid groups is 1. The van der Waals surface area contributed by atoms with E-state index < -0.39 is 20.0 Å². The number of rotatable bonds is 69.